The van der Waals surface area contributed by atoms with Gasteiger partial charge >= 0.3 is 12.1 Å². The van der Waals surface area contributed by atoms with Crippen LogP contribution in [0.3, 0.4) is 0 Å². The van der Waals surface area contributed by atoms with Crippen LogP contribution in [-0.4, -0.2) is 26.4 Å². The first kappa shape index (κ1) is 23.1. The molecule has 2 rings (SSSR count). The highest BCUT2D eigenvalue weighted by Crippen LogP contribution is 2.37. The molecule has 0 aliphatic heterocycles. The van der Waals surface area contributed by atoms with Crippen molar-refractivity contribution < 1.29 is 31.9 Å². The van der Waals surface area contributed by atoms with E-state index < -0.39 is 29.1 Å². The monoisotopic (exact) mass is 427 g/mol. The molecule has 0 saturated carbocycles. The third-order valence-corrected chi connectivity index (χ3v) is 4.62. The Morgan fingerprint density at radius 2 is 1.67 bits per heavy atom. The van der Waals surface area contributed by atoms with Crippen molar-refractivity contribution >= 4 is 23.6 Å². The van der Waals surface area contributed by atoms with Gasteiger partial charge in [0.1, 0.15) is 5.82 Å². The van der Waals surface area contributed by atoms with E-state index in [1.165, 1.54) is 7.11 Å². The summed E-state index contributed by atoms with van der Waals surface area (Å²) in [5.74, 6) is -1.48. The zero-order valence-electron chi connectivity index (χ0n) is 16.5. The molecule has 0 aliphatic carbocycles. The minimum atomic E-state index is -4.54. The number of ether oxygens (including phenoxy) is 1. The third kappa shape index (κ3) is 4.54. The number of halogens is 4. The third-order valence-electron chi connectivity index (χ3n) is 4.62. The second-order valence-electron chi connectivity index (χ2n) is 6.32. The summed E-state index contributed by atoms with van der Waals surface area (Å²) in [5.41, 5.74) is 0.475. The van der Waals surface area contributed by atoms with Gasteiger partial charge in [-0.25, -0.2) is 9.18 Å². The molecule has 6 nitrogen and oxygen atoms in total. The smallest absolute Gasteiger partial charge is 0.416 e. The summed E-state index contributed by atoms with van der Waals surface area (Å²) in [6.07, 6.45) is -3.55. The van der Waals surface area contributed by atoms with E-state index in [9.17, 15) is 22.4 Å². The molecule has 0 aliphatic rings. The van der Waals surface area contributed by atoms with Gasteiger partial charge in [0.05, 0.1) is 25.5 Å². The number of rotatable bonds is 8. The molecule has 1 atom stereocenters. The lowest BCUT2D eigenvalue weighted by atomic mass is 9.85. The zero-order chi connectivity index (χ0) is 22.5. The first-order valence-corrected chi connectivity index (χ1v) is 8.80. The van der Waals surface area contributed by atoms with E-state index in [1.54, 1.807) is 6.92 Å². The summed E-state index contributed by atoms with van der Waals surface area (Å²) in [6, 6.07) is 6.19. The molecule has 0 fully saturated rings. The molecule has 0 aromatic heterocycles. The molecule has 10 heteroatoms. The van der Waals surface area contributed by atoms with Crippen molar-refractivity contribution in [3.05, 3.63) is 58.9 Å². The average molecular weight is 427 g/mol. The lowest BCUT2D eigenvalue weighted by molar-refractivity contribution is -0.146. The fourth-order valence-corrected chi connectivity index (χ4v) is 3.10. The molecule has 0 saturated heterocycles. The number of anilines is 2. The van der Waals surface area contributed by atoms with Crippen LogP contribution in [0.5, 0.6) is 0 Å². The predicted molar refractivity (Wildman–Crippen MR) is 104 cm³/mol. The molecule has 0 spiro atoms. The first-order chi connectivity index (χ1) is 14.1. The topological polar surface area (TPSA) is 83.4 Å². The Morgan fingerprint density at radius 1 is 1.10 bits per heavy atom. The van der Waals surface area contributed by atoms with Gasteiger partial charge < -0.3 is 15.5 Å². The van der Waals surface area contributed by atoms with Crippen molar-refractivity contribution in [2.24, 2.45) is 0 Å². The number of carbonyl (C=O) groups is 1. The van der Waals surface area contributed by atoms with Gasteiger partial charge in [-0.05, 0) is 30.2 Å². The van der Waals surface area contributed by atoms with E-state index >= 15 is 0 Å². The summed E-state index contributed by atoms with van der Waals surface area (Å²) in [7, 11) is 2.44. The van der Waals surface area contributed by atoms with Crippen LogP contribution in [0.15, 0.2) is 36.4 Å². The maximum Gasteiger partial charge on any atom is 0.416 e. The fraction of sp³-hybridized carbons (Fsp3) is 0.300. The van der Waals surface area contributed by atoms with Crippen molar-refractivity contribution in [2.45, 2.75) is 25.1 Å². The maximum absolute atomic E-state index is 14.2. The standard InChI is InChI=1S/C20H21F4N3O3/c1-4-19(18(28)29-2,12-5-7-13(8-6-12)20(22,23)24)26-16-9-14(21)10-17(27-30-3)15(16)11-25/h5-11,25-27H,4H2,1-3H3. The van der Waals surface area contributed by atoms with Crippen molar-refractivity contribution in [1.82, 2.24) is 0 Å². The van der Waals surface area contributed by atoms with Crippen molar-refractivity contribution in [1.29, 1.82) is 5.41 Å². The lowest BCUT2D eigenvalue weighted by Crippen LogP contribution is -2.44. The molecule has 2 aromatic rings. The molecular formula is C20H21F4N3O3. The molecule has 0 radical (unpaired) electrons. The van der Waals surface area contributed by atoms with Crippen LogP contribution >= 0.6 is 0 Å². The van der Waals surface area contributed by atoms with E-state index in [0.717, 1.165) is 49.7 Å². The highest BCUT2D eigenvalue weighted by Gasteiger charge is 2.41. The normalized spacial score (nSPS) is 13.3. The molecule has 0 heterocycles. The van der Waals surface area contributed by atoms with E-state index in [4.69, 9.17) is 15.0 Å². The number of hydrogen-bond acceptors (Lipinski definition) is 6. The summed E-state index contributed by atoms with van der Waals surface area (Å²) in [4.78, 5) is 17.5. The summed E-state index contributed by atoms with van der Waals surface area (Å²) in [5, 5.41) is 10.6. The highest BCUT2D eigenvalue weighted by molar-refractivity contribution is 5.95. The van der Waals surface area contributed by atoms with E-state index in [2.05, 4.69) is 10.8 Å². The van der Waals surface area contributed by atoms with Crippen LogP contribution < -0.4 is 10.8 Å². The minimum absolute atomic E-state index is 0.0525. The van der Waals surface area contributed by atoms with E-state index in [0.29, 0.717) is 0 Å². The number of nitrogens with one attached hydrogen (secondary N) is 3. The van der Waals surface area contributed by atoms with Gasteiger partial charge in [-0.1, -0.05) is 19.1 Å². The van der Waals surface area contributed by atoms with Crippen molar-refractivity contribution in [2.75, 3.05) is 25.0 Å². The average Bonchev–Trinajstić information content (AvgIpc) is 2.71. The summed E-state index contributed by atoms with van der Waals surface area (Å²) in [6.45, 7) is 1.62. The summed E-state index contributed by atoms with van der Waals surface area (Å²) < 4.78 is 57.9. The second-order valence-corrected chi connectivity index (χ2v) is 6.32. The van der Waals surface area contributed by atoms with Gasteiger partial charge in [-0.15, -0.1) is 0 Å². The van der Waals surface area contributed by atoms with Crippen LogP contribution in [0, 0.1) is 11.2 Å². The van der Waals surface area contributed by atoms with Crippen molar-refractivity contribution in [3.8, 4) is 0 Å². The van der Waals surface area contributed by atoms with E-state index in [-0.39, 0.29) is 28.9 Å². The zero-order valence-corrected chi connectivity index (χ0v) is 16.5. The largest absolute Gasteiger partial charge is 0.467 e. The Labute approximate surface area is 170 Å². The number of methoxy groups -OCH3 is 1. The SMILES string of the molecule is CCC(Nc1cc(F)cc(NOC)c1C=N)(C(=O)OC)c1ccc(C(F)(F)F)cc1. The molecular weight excluding hydrogens is 406 g/mol. The van der Waals surface area contributed by atoms with Crippen molar-refractivity contribution in [3.63, 3.8) is 0 Å². The van der Waals surface area contributed by atoms with Gasteiger partial charge in [0, 0.05) is 23.5 Å². The molecule has 162 valence electrons. The summed E-state index contributed by atoms with van der Waals surface area (Å²) >= 11 is 0. The lowest BCUT2D eigenvalue weighted by Gasteiger charge is -2.33. The van der Waals surface area contributed by atoms with Gasteiger partial charge in [0.15, 0.2) is 5.54 Å². The van der Waals surface area contributed by atoms with E-state index in [1.807, 2.05) is 0 Å². The number of alkyl halides is 3. The van der Waals surface area contributed by atoms with Crippen LogP contribution in [0.1, 0.15) is 30.0 Å². The molecule has 0 bridgehead atoms. The Morgan fingerprint density at radius 3 is 2.13 bits per heavy atom. The Bertz CT molecular complexity index is 917. The predicted octanol–water partition coefficient (Wildman–Crippen LogP) is 4.71. The van der Waals surface area contributed by atoms with Gasteiger partial charge in [0.2, 0.25) is 0 Å². The Balaban J connectivity index is 2.64. The molecule has 2 aromatic carbocycles. The van der Waals surface area contributed by atoms with Gasteiger partial charge in [0.25, 0.3) is 0 Å². The number of hydrogen-bond donors (Lipinski definition) is 3. The molecule has 1 unspecified atom stereocenters. The Kier molecular flexibility index (Phi) is 7.04. The number of benzene rings is 2. The van der Waals surface area contributed by atoms with Gasteiger partial charge in [-0.2, -0.15) is 13.2 Å². The number of carbonyl (C=O) groups excluding carboxylic acids is 1. The number of esters is 1. The molecule has 0 amide bonds. The molecule has 30 heavy (non-hydrogen) atoms. The van der Waals surface area contributed by atoms with Crippen LogP contribution in [0.2, 0.25) is 0 Å². The van der Waals surface area contributed by atoms with Crippen LogP contribution in [0.4, 0.5) is 28.9 Å². The second kappa shape index (κ2) is 9.12. The minimum Gasteiger partial charge on any atom is -0.467 e. The fourth-order valence-electron chi connectivity index (χ4n) is 3.10. The molecule has 3 N–H and O–H groups in total. The Hall–Kier alpha value is -3.14. The van der Waals surface area contributed by atoms with Crippen LogP contribution in [-0.2, 0) is 26.1 Å². The quantitative estimate of drug-likeness (QED) is 0.246. The maximum atomic E-state index is 14.2. The van der Waals surface area contributed by atoms with Gasteiger partial charge in [-0.3, -0.25) is 10.3 Å². The highest BCUT2D eigenvalue weighted by atomic mass is 19.4. The van der Waals surface area contributed by atoms with Crippen LogP contribution in [0.25, 0.3) is 0 Å². The first-order valence-electron chi connectivity index (χ1n) is 8.80.